The van der Waals surface area contributed by atoms with E-state index in [0.29, 0.717) is 12.5 Å². The van der Waals surface area contributed by atoms with Gasteiger partial charge in [0.15, 0.2) is 0 Å². The molecule has 1 saturated heterocycles. The topological polar surface area (TPSA) is 41.5 Å². The monoisotopic (exact) mass is 239 g/mol. The Morgan fingerprint density at radius 1 is 1.59 bits per heavy atom. The first-order valence-corrected chi connectivity index (χ1v) is 6.77. The van der Waals surface area contributed by atoms with Crippen LogP contribution in [0.4, 0.5) is 0 Å². The first kappa shape index (κ1) is 13.1. The molecule has 17 heavy (non-hydrogen) atoms. The average Bonchev–Trinajstić information content (AvgIpc) is 2.78. The molecule has 3 heteroatoms. The summed E-state index contributed by atoms with van der Waals surface area (Å²) in [4.78, 5) is 0. The number of aliphatic hydroxyl groups is 1. The number of rotatable bonds is 4. The fourth-order valence-electron chi connectivity index (χ4n) is 2.99. The third-order valence-corrected chi connectivity index (χ3v) is 4.46. The van der Waals surface area contributed by atoms with E-state index in [4.69, 9.17) is 4.74 Å². The molecule has 0 aromatic heterocycles. The quantitative estimate of drug-likeness (QED) is 0.734. The molecule has 1 fully saturated rings. The Bertz CT molecular complexity index is 282. The van der Waals surface area contributed by atoms with Gasteiger partial charge >= 0.3 is 0 Å². The molecular weight excluding hydrogens is 214 g/mol. The average molecular weight is 239 g/mol. The van der Waals surface area contributed by atoms with Crippen LogP contribution in [-0.2, 0) is 4.74 Å². The predicted molar refractivity (Wildman–Crippen MR) is 68.9 cm³/mol. The molecular formula is C14H25NO2. The summed E-state index contributed by atoms with van der Waals surface area (Å²) in [5, 5.41) is 13.1. The Hall–Kier alpha value is -0.380. The number of hydrogen-bond donors (Lipinski definition) is 2. The van der Waals surface area contributed by atoms with Crippen molar-refractivity contribution in [1.29, 1.82) is 0 Å². The van der Waals surface area contributed by atoms with Gasteiger partial charge in [-0.15, -0.1) is 0 Å². The highest BCUT2D eigenvalue weighted by molar-refractivity contribution is 5.10. The molecule has 3 atom stereocenters. The van der Waals surface area contributed by atoms with Crippen molar-refractivity contribution in [1.82, 2.24) is 5.32 Å². The summed E-state index contributed by atoms with van der Waals surface area (Å²) >= 11 is 0. The molecule has 98 valence electrons. The highest BCUT2D eigenvalue weighted by Crippen LogP contribution is 2.30. The van der Waals surface area contributed by atoms with Gasteiger partial charge in [-0.3, -0.25) is 0 Å². The highest BCUT2D eigenvalue weighted by atomic mass is 16.5. The molecule has 2 rings (SSSR count). The minimum atomic E-state index is -0.183. The second kappa shape index (κ2) is 5.51. The standard InChI is InChI=1S/C14H25NO2/c1-11-4-3-5-12(2)13(11)8-15-14(9-16)6-7-17-10-14/h4,12-13,15-16H,3,5-10H2,1-2H3/t12-,13-,14+/m0/s1. The molecule has 0 saturated carbocycles. The molecule has 1 heterocycles. The number of hydrogen-bond acceptors (Lipinski definition) is 3. The van der Waals surface area contributed by atoms with Gasteiger partial charge in [-0.25, -0.2) is 0 Å². The van der Waals surface area contributed by atoms with Crippen molar-refractivity contribution in [3.63, 3.8) is 0 Å². The summed E-state index contributed by atoms with van der Waals surface area (Å²) in [7, 11) is 0. The van der Waals surface area contributed by atoms with Crippen LogP contribution >= 0.6 is 0 Å². The fraction of sp³-hybridized carbons (Fsp3) is 0.857. The van der Waals surface area contributed by atoms with Crippen LogP contribution in [0, 0.1) is 11.8 Å². The third-order valence-electron chi connectivity index (χ3n) is 4.46. The minimum absolute atomic E-state index is 0.177. The minimum Gasteiger partial charge on any atom is -0.394 e. The van der Waals surface area contributed by atoms with Crippen molar-refractivity contribution in [3.8, 4) is 0 Å². The molecule has 0 aromatic carbocycles. The summed E-state index contributed by atoms with van der Waals surface area (Å²) in [5.74, 6) is 1.36. The largest absolute Gasteiger partial charge is 0.394 e. The first-order valence-electron chi connectivity index (χ1n) is 6.77. The van der Waals surface area contributed by atoms with Crippen LogP contribution in [0.1, 0.15) is 33.1 Å². The summed E-state index contributed by atoms with van der Waals surface area (Å²) in [6, 6.07) is 0. The van der Waals surface area contributed by atoms with Gasteiger partial charge in [-0.2, -0.15) is 0 Å². The summed E-state index contributed by atoms with van der Waals surface area (Å²) < 4.78 is 5.41. The molecule has 0 unspecified atom stereocenters. The predicted octanol–water partition coefficient (Wildman–Crippen LogP) is 1.72. The Morgan fingerprint density at radius 3 is 3.00 bits per heavy atom. The van der Waals surface area contributed by atoms with Crippen molar-refractivity contribution in [2.75, 3.05) is 26.4 Å². The van der Waals surface area contributed by atoms with Gasteiger partial charge < -0.3 is 15.2 Å². The van der Waals surface area contributed by atoms with Crippen molar-refractivity contribution in [2.24, 2.45) is 11.8 Å². The maximum absolute atomic E-state index is 9.52. The van der Waals surface area contributed by atoms with E-state index in [1.54, 1.807) is 0 Å². The van der Waals surface area contributed by atoms with Crippen LogP contribution in [0.5, 0.6) is 0 Å². The van der Waals surface area contributed by atoms with Crippen LogP contribution in [-0.4, -0.2) is 37.0 Å². The van der Waals surface area contributed by atoms with Gasteiger partial charge in [-0.1, -0.05) is 18.6 Å². The normalized spacial score (nSPS) is 38.2. The Balaban J connectivity index is 1.92. The third kappa shape index (κ3) is 2.90. The fourth-order valence-corrected chi connectivity index (χ4v) is 2.99. The van der Waals surface area contributed by atoms with E-state index in [9.17, 15) is 5.11 Å². The number of allylic oxidation sites excluding steroid dienone is 1. The zero-order chi connectivity index (χ0) is 12.3. The van der Waals surface area contributed by atoms with E-state index in [1.165, 1.54) is 18.4 Å². The van der Waals surface area contributed by atoms with Crippen molar-refractivity contribution < 1.29 is 9.84 Å². The zero-order valence-corrected chi connectivity index (χ0v) is 11.0. The molecule has 3 nitrogen and oxygen atoms in total. The highest BCUT2D eigenvalue weighted by Gasteiger charge is 2.35. The van der Waals surface area contributed by atoms with E-state index in [1.807, 2.05) is 0 Å². The molecule has 1 aliphatic carbocycles. The van der Waals surface area contributed by atoms with Crippen molar-refractivity contribution in [2.45, 2.75) is 38.6 Å². The molecule has 0 bridgehead atoms. The maximum Gasteiger partial charge on any atom is 0.0673 e. The van der Waals surface area contributed by atoms with E-state index in [-0.39, 0.29) is 12.1 Å². The van der Waals surface area contributed by atoms with Gasteiger partial charge in [0, 0.05) is 13.2 Å². The second-order valence-corrected chi connectivity index (χ2v) is 5.73. The Labute approximate surface area is 104 Å². The molecule has 2 aliphatic rings. The van der Waals surface area contributed by atoms with E-state index in [2.05, 4.69) is 25.2 Å². The number of nitrogens with one attached hydrogen (secondary N) is 1. The van der Waals surface area contributed by atoms with Crippen molar-refractivity contribution >= 4 is 0 Å². The van der Waals surface area contributed by atoms with Gasteiger partial charge in [-0.05, 0) is 38.0 Å². The van der Waals surface area contributed by atoms with Gasteiger partial charge in [0.05, 0.1) is 18.8 Å². The molecule has 0 aromatic rings. The number of ether oxygens (including phenoxy) is 1. The number of aliphatic hydroxyl groups excluding tert-OH is 1. The van der Waals surface area contributed by atoms with Crippen LogP contribution in [0.3, 0.4) is 0 Å². The lowest BCUT2D eigenvalue weighted by Crippen LogP contribution is -2.51. The lowest BCUT2D eigenvalue weighted by atomic mass is 9.79. The summed E-state index contributed by atoms with van der Waals surface area (Å²) in [5.41, 5.74) is 1.32. The smallest absolute Gasteiger partial charge is 0.0673 e. The summed E-state index contributed by atoms with van der Waals surface area (Å²) in [6.45, 7) is 7.12. The molecule has 0 amide bonds. The lowest BCUT2D eigenvalue weighted by Gasteiger charge is -2.34. The van der Waals surface area contributed by atoms with Gasteiger partial charge in [0.1, 0.15) is 0 Å². The van der Waals surface area contributed by atoms with Gasteiger partial charge in [0.25, 0.3) is 0 Å². The molecule has 1 aliphatic heterocycles. The Kier molecular flexibility index (Phi) is 4.23. The van der Waals surface area contributed by atoms with Crippen LogP contribution in [0.2, 0.25) is 0 Å². The van der Waals surface area contributed by atoms with E-state index >= 15 is 0 Å². The second-order valence-electron chi connectivity index (χ2n) is 5.73. The first-order chi connectivity index (χ1) is 8.17. The SMILES string of the molecule is CC1=CCC[C@H](C)[C@H]1CN[C@@]1(CO)CCOC1. The molecule has 0 radical (unpaired) electrons. The Morgan fingerprint density at radius 2 is 2.41 bits per heavy atom. The van der Waals surface area contributed by atoms with E-state index < -0.39 is 0 Å². The van der Waals surface area contributed by atoms with Crippen LogP contribution in [0.15, 0.2) is 11.6 Å². The van der Waals surface area contributed by atoms with Crippen LogP contribution in [0.25, 0.3) is 0 Å². The lowest BCUT2D eigenvalue weighted by molar-refractivity contribution is 0.116. The maximum atomic E-state index is 9.52. The molecule has 2 N–H and O–H groups in total. The van der Waals surface area contributed by atoms with Crippen LogP contribution < -0.4 is 5.32 Å². The summed E-state index contributed by atoms with van der Waals surface area (Å²) in [6.07, 6.45) is 5.79. The van der Waals surface area contributed by atoms with E-state index in [0.717, 1.165) is 25.5 Å². The van der Waals surface area contributed by atoms with Crippen molar-refractivity contribution in [3.05, 3.63) is 11.6 Å². The zero-order valence-electron chi connectivity index (χ0n) is 11.0. The van der Waals surface area contributed by atoms with Gasteiger partial charge in [0.2, 0.25) is 0 Å². The molecule has 0 spiro atoms.